The summed E-state index contributed by atoms with van der Waals surface area (Å²) in [5, 5.41) is 4.20. The molecule has 3 rings (SSSR count). The van der Waals surface area contributed by atoms with Gasteiger partial charge in [-0.2, -0.15) is 0 Å². The molecule has 0 spiro atoms. The van der Waals surface area contributed by atoms with Crippen molar-refractivity contribution in [1.29, 1.82) is 0 Å². The van der Waals surface area contributed by atoms with E-state index in [0.29, 0.717) is 41.8 Å². The van der Waals surface area contributed by atoms with Crippen LogP contribution < -0.4 is 14.2 Å². The van der Waals surface area contributed by atoms with E-state index in [2.05, 4.69) is 5.16 Å². The van der Waals surface area contributed by atoms with E-state index in [1.807, 2.05) is 19.9 Å². The average Bonchev–Trinajstić information content (AvgIpc) is 3.49. The zero-order valence-electron chi connectivity index (χ0n) is 19.3. The molecular formula is C23H31ClN2O6. The van der Waals surface area contributed by atoms with Crippen molar-refractivity contribution in [3.8, 4) is 28.6 Å². The van der Waals surface area contributed by atoms with Gasteiger partial charge in [-0.15, -0.1) is 11.6 Å². The Labute approximate surface area is 193 Å². The van der Waals surface area contributed by atoms with Gasteiger partial charge in [0.1, 0.15) is 5.69 Å². The number of amides is 1. The van der Waals surface area contributed by atoms with Gasteiger partial charge in [-0.05, 0) is 38.8 Å². The minimum atomic E-state index is -0.691. The molecule has 0 aliphatic carbocycles. The summed E-state index contributed by atoms with van der Waals surface area (Å²) >= 11 is 6.07. The highest BCUT2D eigenvalue weighted by Crippen LogP contribution is 2.41. The number of hydrogen-bond acceptors (Lipinski definition) is 7. The number of halogens is 1. The number of hydrogen-bond donors (Lipinski definition) is 0. The lowest BCUT2D eigenvalue weighted by Gasteiger charge is -2.31. The molecule has 2 aromatic rings. The van der Waals surface area contributed by atoms with Crippen LogP contribution in [0.5, 0.6) is 17.2 Å². The van der Waals surface area contributed by atoms with Gasteiger partial charge in [-0.25, -0.2) is 0 Å². The second-order valence-electron chi connectivity index (χ2n) is 8.43. The van der Waals surface area contributed by atoms with Gasteiger partial charge in [-0.3, -0.25) is 4.79 Å². The largest absolute Gasteiger partial charge is 0.493 e. The Balaban J connectivity index is 1.86. The summed E-state index contributed by atoms with van der Waals surface area (Å²) in [6, 6.07) is 5.39. The normalized spacial score (nSPS) is 16.1. The van der Waals surface area contributed by atoms with Gasteiger partial charge in [0.05, 0.1) is 39.4 Å². The maximum Gasteiger partial charge on any atom is 0.229 e. The van der Waals surface area contributed by atoms with Gasteiger partial charge in [0, 0.05) is 30.7 Å². The number of methoxy groups -OCH3 is 3. The zero-order chi connectivity index (χ0) is 23.3. The first-order chi connectivity index (χ1) is 15.3. The molecule has 1 aromatic carbocycles. The van der Waals surface area contributed by atoms with Gasteiger partial charge < -0.3 is 28.4 Å². The Kier molecular flexibility index (Phi) is 7.90. The van der Waals surface area contributed by atoms with Crippen molar-refractivity contribution in [3.63, 3.8) is 0 Å². The van der Waals surface area contributed by atoms with Crippen molar-refractivity contribution < 1.29 is 28.3 Å². The summed E-state index contributed by atoms with van der Waals surface area (Å²) < 4.78 is 27.6. The van der Waals surface area contributed by atoms with Crippen molar-refractivity contribution in [2.75, 3.05) is 40.4 Å². The van der Waals surface area contributed by atoms with Crippen LogP contribution in [0, 0.1) is 5.41 Å². The molecule has 8 nitrogen and oxygen atoms in total. The molecule has 1 aliphatic heterocycles. The number of aromatic nitrogens is 1. The van der Waals surface area contributed by atoms with E-state index in [-0.39, 0.29) is 17.9 Å². The zero-order valence-corrected chi connectivity index (χ0v) is 20.0. The molecule has 176 valence electrons. The Hall–Kier alpha value is -2.45. The van der Waals surface area contributed by atoms with Crippen LogP contribution in [0.15, 0.2) is 22.7 Å². The van der Waals surface area contributed by atoms with Crippen molar-refractivity contribution in [2.45, 2.75) is 39.3 Å². The first kappa shape index (κ1) is 24.2. The summed E-state index contributed by atoms with van der Waals surface area (Å²) in [6.07, 6.45) is 1.95. The Bertz CT molecular complexity index is 898. The van der Waals surface area contributed by atoms with E-state index in [1.165, 1.54) is 0 Å². The molecule has 1 saturated heterocycles. The minimum Gasteiger partial charge on any atom is -0.493 e. The standard InChI is InChI=1S/C23H31ClN2O6/c1-23(2,14-24)22(27)26(13-17-7-6-8-31-17)12-16-11-18(32-25-16)15-9-19(28-3)21(30-5)20(10-15)29-4/h9-11,17H,6-8,12-14H2,1-5H3. The average molecular weight is 467 g/mol. The van der Waals surface area contributed by atoms with E-state index in [4.69, 9.17) is 35.1 Å². The third kappa shape index (κ3) is 5.30. The van der Waals surface area contributed by atoms with Crippen LogP contribution in [-0.2, 0) is 16.1 Å². The van der Waals surface area contributed by atoms with Crippen LogP contribution in [-0.4, -0.2) is 62.4 Å². The van der Waals surface area contributed by atoms with Gasteiger partial charge in [0.25, 0.3) is 0 Å². The predicted molar refractivity (Wildman–Crippen MR) is 120 cm³/mol. The summed E-state index contributed by atoms with van der Waals surface area (Å²) in [5.41, 5.74) is 0.658. The lowest BCUT2D eigenvalue weighted by molar-refractivity contribution is -0.141. The molecule has 1 aromatic heterocycles. The molecule has 32 heavy (non-hydrogen) atoms. The summed E-state index contributed by atoms with van der Waals surface area (Å²) in [6.45, 7) is 5.20. The van der Waals surface area contributed by atoms with Gasteiger partial charge in [0.15, 0.2) is 17.3 Å². The third-order valence-electron chi connectivity index (χ3n) is 5.51. The van der Waals surface area contributed by atoms with E-state index in [0.717, 1.165) is 25.0 Å². The van der Waals surface area contributed by atoms with Gasteiger partial charge >= 0.3 is 0 Å². The van der Waals surface area contributed by atoms with Crippen LogP contribution in [0.1, 0.15) is 32.4 Å². The number of alkyl halides is 1. The van der Waals surface area contributed by atoms with Crippen LogP contribution in [0.2, 0.25) is 0 Å². The van der Waals surface area contributed by atoms with Crippen molar-refractivity contribution >= 4 is 17.5 Å². The fourth-order valence-corrected chi connectivity index (χ4v) is 3.79. The fourth-order valence-electron chi connectivity index (χ4n) is 3.68. The van der Waals surface area contributed by atoms with E-state index in [9.17, 15) is 4.79 Å². The molecule has 1 amide bonds. The van der Waals surface area contributed by atoms with Crippen molar-refractivity contribution in [3.05, 3.63) is 23.9 Å². The SMILES string of the molecule is COc1cc(-c2cc(CN(CC3CCCO3)C(=O)C(C)(C)CCl)no2)cc(OC)c1OC. The molecule has 0 saturated carbocycles. The van der Waals surface area contributed by atoms with E-state index >= 15 is 0 Å². The molecule has 0 bridgehead atoms. The number of rotatable bonds is 10. The quantitative estimate of drug-likeness (QED) is 0.486. The highest BCUT2D eigenvalue weighted by molar-refractivity contribution is 6.19. The lowest BCUT2D eigenvalue weighted by Crippen LogP contribution is -2.44. The van der Waals surface area contributed by atoms with Crippen LogP contribution in [0.3, 0.4) is 0 Å². The van der Waals surface area contributed by atoms with Crippen molar-refractivity contribution in [2.24, 2.45) is 5.41 Å². The van der Waals surface area contributed by atoms with Gasteiger partial charge in [0.2, 0.25) is 11.7 Å². The highest BCUT2D eigenvalue weighted by atomic mass is 35.5. The number of ether oxygens (including phenoxy) is 4. The monoisotopic (exact) mass is 466 g/mol. The topological polar surface area (TPSA) is 83.3 Å². The van der Waals surface area contributed by atoms with Gasteiger partial charge in [-0.1, -0.05) is 5.16 Å². The van der Waals surface area contributed by atoms with Crippen molar-refractivity contribution in [1.82, 2.24) is 10.1 Å². The molecule has 1 fully saturated rings. The number of carbonyl (C=O) groups is 1. The fraction of sp³-hybridized carbons (Fsp3) is 0.565. The summed E-state index contributed by atoms with van der Waals surface area (Å²) in [5.74, 6) is 2.23. The number of carbonyl (C=O) groups excluding carboxylic acids is 1. The number of nitrogens with zero attached hydrogens (tertiary/aromatic N) is 2. The number of benzene rings is 1. The lowest BCUT2D eigenvalue weighted by atomic mass is 9.94. The highest BCUT2D eigenvalue weighted by Gasteiger charge is 2.34. The molecule has 1 aliphatic rings. The summed E-state index contributed by atoms with van der Waals surface area (Å²) in [4.78, 5) is 14.9. The predicted octanol–water partition coefficient (Wildman–Crippen LogP) is 4.14. The molecule has 1 atom stereocenters. The Morgan fingerprint density at radius 1 is 1.19 bits per heavy atom. The smallest absolute Gasteiger partial charge is 0.229 e. The maximum atomic E-state index is 13.2. The maximum absolute atomic E-state index is 13.2. The second-order valence-corrected chi connectivity index (χ2v) is 8.70. The van der Waals surface area contributed by atoms with E-state index < -0.39 is 5.41 Å². The molecular weight excluding hydrogens is 436 g/mol. The van der Waals surface area contributed by atoms with Crippen LogP contribution in [0.25, 0.3) is 11.3 Å². The Morgan fingerprint density at radius 3 is 2.41 bits per heavy atom. The third-order valence-corrected chi connectivity index (χ3v) is 6.18. The first-order valence-corrected chi connectivity index (χ1v) is 11.1. The Morgan fingerprint density at radius 2 is 1.88 bits per heavy atom. The summed E-state index contributed by atoms with van der Waals surface area (Å²) in [7, 11) is 4.66. The molecule has 9 heteroatoms. The molecule has 0 N–H and O–H groups in total. The molecule has 1 unspecified atom stereocenters. The molecule has 2 heterocycles. The first-order valence-electron chi connectivity index (χ1n) is 10.6. The molecule has 0 radical (unpaired) electrons. The van der Waals surface area contributed by atoms with Crippen LogP contribution >= 0.6 is 11.6 Å². The van der Waals surface area contributed by atoms with E-state index in [1.54, 1.807) is 38.4 Å². The minimum absolute atomic E-state index is 0.0200. The van der Waals surface area contributed by atoms with Crippen LogP contribution in [0.4, 0.5) is 0 Å². The second kappa shape index (κ2) is 10.4.